The molecule has 0 spiro atoms. The number of pyridine rings is 1. The Balaban J connectivity index is 1.76. The Morgan fingerprint density at radius 1 is 1.03 bits per heavy atom. The topological polar surface area (TPSA) is 88.2 Å². The van der Waals surface area contributed by atoms with E-state index < -0.39 is 10.0 Å². The maximum Gasteiger partial charge on any atom is 0.261 e. The Morgan fingerprint density at radius 2 is 1.79 bits per heavy atom. The van der Waals surface area contributed by atoms with Crippen LogP contribution in [0.4, 0.5) is 5.69 Å². The number of aromatic nitrogens is 1. The summed E-state index contributed by atoms with van der Waals surface area (Å²) in [4.78, 5) is 16.7. The molecule has 0 saturated heterocycles. The average molecular weight is 410 g/mol. The van der Waals surface area contributed by atoms with Gasteiger partial charge in [0.15, 0.2) is 0 Å². The molecule has 0 aliphatic heterocycles. The molecule has 2 N–H and O–H groups in total. The Hall–Kier alpha value is -3.19. The van der Waals surface area contributed by atoms with E-state index in [0.717, 1.165) is 23.1 Å². The summed E-state index contributed by atoms with van der Waals surface area (Å²) in [5, 5.41) is 2.81. The standard InChI is InChI=1S/C22H23N3O3S/c1-3-17-7-10-20(11-8-17)29(27,28)25-21-13-19(9-6-16(21)2)22(26)24-15-18-5-4-12-23-14-18/h4-14,25H,3,15H2,1-2H3,(H,24,26). The predicted octanol–water partition coefficient (Wildman–Crippen LogP) is 3.68. The van der Waals surface area contributed by atoms with Gasteiger partial charge in [-0.05, 0) is 60.4 Å². The normalized spacial score (nSPS) is 11.1. The van der Waals surface area contributed by atoms with Gasteiger partial charge in [-0.2, -0.15) is 0 Å². The summed E-state index contributed by atoms with van der Waals surface area (Å²) in [5.74, 6) is -0.290. The number of amides is 1. The van der Waals surface area contributed by atoms with Gasteiger partial charge in [-0.1, -0.05) is 31.2 Å². The first-order valence-electron chi connectivity index (χ1n) is 9.28. The van der Waals surface area contributed by atoms with Crippen molar-refractivity contribution >= 4 is 21.6 Å². The highest BCUT2D eigenvalue weighted by molar-refractivity contribution is 7.92. The van der Waals surface area contributed by atoms with E-state index in [1.807, 2.05) is 13.0 Å². The van der Waals surface area contributed by atoms with Gasteiger partial charge in [0, 0.05) is 24.5 Å². The van der Waals surface area contributed by atoms with Crippen molar-refractivity contribution in [2.75, 3.05) is 4.72 Å². The summed E-state index contributed by atoms with van der Waals surface area (Å²) in [6, 6.07) is 15.4. The van der Waals surface area contributed by atoms with Gasteiger partial charge in [0.2, 0.25) is 0 Å². The number of sulfonamides is 1. The molecule has 0 saturated carbocycles. The molecule has 0 bridgehead atoms. The van der Waals surface area contributed by atoms with Crippen LogP contribution in [0.3, 0.4) is 0 Å². The van der Waals surface area contributed by atoms with Crippen LogP contribution in [0.2, 0.25) is 0 Å². The monoisotopic (exact) mass is 409 g/mol. The second-order valence-electron chi connectivity index (χ2n) is 6.68. The zero-order valence-corrected chi connectivity index (χ0v) is 17.2. The van der Waals surface area contributed by atoms with E-state index in [9.17, 15) is 13.2 Å². The van der Waals surface area contributed by atoms with Crippen LogP contribution in [-0.4, -0.2) is 19.3 Å². The van der Waals surface area contributed by atoms with Crippen molar-refractivity contribution in [3.05, 3.63) is 89.2 Å². The molecule has 0 atom stereocenters. The van der Waals surface area contributed by atoms with Gasteiger partial charge < -0.3 is 5.32 Å². The van der Waals surface area contributed by atoms with Gasteiger partial charge >= 0.3 is 0 Å². The van der Waals surface area contributed by atoms with E-state index in [1.54, 1.807) is 67.8 Å². The molecule has 0 unspecified atom stereocenters. The molecule has 1 amide bonds. The van der Waals surface area contributed by atoms with Crippen LogP contribution in [0.25, 0.3) is 0 Å². The molecule has 3 rings (SSSR count). The Morgan fingerprint density at radius 3 is 2.45 bits per heavy atom. The van der Waals surface area contributed by atoms with E-state index in [-0.39, 0.29) is 10.8 Å². The van der Waals surface area contributed by atoms with Gasteiger partial charge in [0.1, 0.15) is 0 Å². The molecule has 0 fully saturated rings. The van der Waals surface area contributed by atoms with Crippen molar-refractivity contribution < 1.29 is 13.2 Å². The minimum atomic E-state index is -3.75. The van der Waals surface area contributed by atoms with E-state index in [4.69, 9.17) is 0 Å². The van der Waals surface area contributed by atoms with Crippen LogP contribution in [-0.2, 0) is 23.0 Å². The van der Waals surface area contributed by atoms with Gasteiger partial charge in [0.25, 0.3) is 15.9 Å². The second-order valence-corrected chi connectivity index (χ2v) is 8.36. The third-order valence-electron chi connectivity index (χ3n) is 4.56. The lowest BCUT2D eigenvalue weighted by atomic mass is 10.1. The first kappa shape index (κ1) is 20.5. The number of rotatable bonds is 7. The predicted molar refractivity (Wildman–Crippen MR) is 113 cm³/mol. The maximum atomic E-state index is 12.7. The van der Waals surface area contributed by atoms with Gasteiger partial charge in [-0.15, -0.1) is 0 Å². The van der Waals surface area contributed by atoms with E-state index in [0.29, 0.717) is 17.8 Å². The SMILES string of the molecule is CCc1ccc(S(=O)(=O)Nc2cc(C(=O)NCc3cccnc3)ccc2C)cc1. The number of aryl methyl sites for hydroxylation is 2. The first-order valence-corrected chi connectivity index (χ1v) is 10.8. The summed E-state index contributed by atoms with van der Waals surface area (Å²) < 4.78 is 28.0. The first-order chi connectivity index (χ1) is 13.9. The van der Waals surface area contributed by atoms with Crippen LogP contribution in [0.15, 0.2) is 71.9 Å². The number of anilines is 1. The highest BCUT2D eigenvalue weighted by Crippen LogP contribution is 2.22. The molecule has 6 nitrogen and oxygen atoms in total. The third kappa shape index (κ3) is 5.20. The number of hydrogen-bond donors (Lipinski definition) is 2. The minimum absolute atomic E-state index is 0.181. The molecule has 1 aromatic heterocycles. The molecular formula is C22H23N3O3S. The van der Waals surface area contributed by atoms with E-state index in [1.165, 1.54) is 0 Å². The van der Waals surface area contributed by atoms with Gasteiger partial charge in [0.05, 0.1) is 10.6 Å². The van der Waals surface area contributed by atoms with Crippen molar-refractivity contribution in [2.24, 2.45) is 0 Å². The number of benzene rings is 2. The third-order valence-corrected chi connectivity index (χ3v) is 5.94. The van der Waals surface area contributed by atoms with Crippen LogP contribution >= 0.6 is 0 Å². The van der Waals surface area contributed by atoms with Gasteiger partial charge in [-0.3, -0.25) is 14.5 Å². The largest absolute Gasteiger partial charge is 0.348 e. The Bertz CT molecular complexity index is 1100. The number of nitrogens with one attached hydrogen (secondary N) is 2. The Labute approximate surface area is 171 Å². The summed E-state index contributed by atoms with van der Waals surface area (Å²) in [6.45, 7) is 4.14. The second kappa shape index (κ2) is 8.87. The smallest absolute Gasteiger partial charge is 0.261 e. The van der Waals surface area contributed by atoms with Gasteiger partial charge in [-0.25, -0.2) is 8.42 Å². The fraction of sp³-hybridized carbons (Fsp3) is 0.182. The minimum Gasteiger partial charge on any atom is -0.348 e. The fourth-order valence-electron chi connectivity index (χ4n) is 2.77. The summed E-state index contributed by atoms with van der Waals surface area (Å²) in [5.41, 5.74) is 3.41. The van der Waals surface area contributed by atoms with Crippen molar-refractivity contribution in [1.29, 1.82) is 0 Å². The molecule has 150 valence electrons. The summed E-state index contributed by atoms with van der Waals surface area (Å²) in [7, 11) is -3.75. The van der Waals surface area contributed by atoms with Crippen molar-refractivity contribution in [3.8, 4) is 0 Å². The average Bonchev–Trinajstić information content (AvgIpc) is 2.74. The fourth-order valence-corrected chi connectivity index (χ4v) is 3.89. The summed E-state index contributed by atoms with van der Waals surface area (Å²) in [6.07, 6.45) is 4.18. The zero-order valence-electron chi connectivity index (χ0n) is 16.3. The van der Waals surface area contributed by atoms with Crippen LogP contribution in [0, 0.1) is 6.92 Å². The molecule has 0 aliphatic rings. The molecule has 29 heavy (non-hydrogen) atoms. The molecular weight excluding hydrogens is 386 g/mol. The van der Waals surface area contributed by atoms with Crippen molar-refractivity contribution in [2.45, 2.75) is 31.7 Å². The van der Waals surface area contributed by atoms with Crippen LogP contribution in [0.1, 0.15) is 34.0 Å². The lowest BCUT2D eigenvalue weighted by molar-refractivity contribution is 0.0951. The molecule has 0 radical (unpaired) electrons. The van der Waals surface area contributed by atoms with Crippen molar-refractivity contribution in [3.63, 3.8) is 0 Å². The maximum absolute atomic E-state index is 12.7. The van der Waals surface area contributed by atoms with E-state index >= 15 is 0 Å². The number of nitrogens with zero attached hydrogens (tertiary/aromatic N) is 1. The highest BCUT2D eigenvalue weighted by atomic mass is 32.2. The Kier molecular flexibility index (Phi) is 6.29. The highest BCUT2D eigenvalue weighted by Gasteiger charge is 2.16. The number of carbonyl (C=O) groups is 1. The van der Waals surface area contributed by atoms with Crippen LogP contribution < -0.4 is 10.0 Å². The van der Waals surface area contributed by atoms with E-state index in [2.05, 4.69) is 15.0 Å². The van der Waals surface area contributed by atoms with Crippen LogP contribution in [0.5, 0.6) is 0 Å². The number of hydrogen-bond acceptors (Lipinski definition) is 4. The summed E-state index contributed by atoms with van der Waals surface area (Å²) >= 11 is 0. The quantitative estimate of drug-likeness (QED) is 0.623. The molecule has 0 aliphatic carbocycles. The lowest BCUT2D eigenvalue weighted by Gasteiger charge is -2.13. The molecule has 1 heterocycles. The molecule has 2 aromatic carbocycles. The number of carbonyl (C=O) groups excluding carboxylic acids is 1. The van der Waals surface area contributed by atoms with Crippen molar-refractivity contribution in [1.82, 2.24) is 10.3 Å². The molecule has 3 aromatic rings. The zero-order chi connectivity index (χ0) is 20.9. The lowest BCUT2D eigenvalue weighted by Crippen LogP contribution is -2.23. The molecule has 7 heteroatoms.